The van der Waals surface area contributed by atoms with E-state index in [1.807, 2.05) is 20.1 Å². The van der Waals surface area contributed by atoms with Gasteiger partial charge in [-0.25, -0.2) is 9.59 Å². The van der Waals surface area contributed by atoms with E-state index in [0.29, 0.717) is 6.54 Å². The number of nitrogens with one attached hydrogen (secondary N) is 2. The molecule has 0 aliphatic heterocycles. The summed E-state index contributed by atoms with van der Waals surface area (Å²) < 4.78 is -0.0806. The predicted octanol–water partition coefficient (Wildman–Crippen LogP) is -0.127. The number of carbonyl (C=O) groups excluding carboxylic acids is 1. The van der Waals surface area contributed by atoms with E-state index in [0.717, 1.165) is 0 Å². The smallest absolute Gasteiger partial charge is 0.334 e. The van der Waals surface area contributed by atoms with Gasteiger partial charge in [-0.1, -0.05) is 0 Å². The van der Waals surface area contributed by atoms with E-state index in [4.69, 9.17) is 10.2 Å². The van der Waals surface area contributed by atoms with E-state index < -0.39 is 18.1 Å². The number of thioether (sulfide) groups is 1. The average Bonchev–Trinajstić information content (AvgIpc) is 2.23. The lowest BCUT2D eigenvalue weighted by Gasteiger charge is -2.22. The summed E-state index contributed by atoms with van der Waals surface area (Å²) in [5.74, 6) is -1.36. The zero-order valence-electron chi connectivity index (χ0n) is 9.61. The van der Waals surface area contributed by atoms with Gasteiger partial charge in [0.05, 0.1) is 6.54 Å². The highest BCUT2D eigenvalue weighted by Crippen LogP contribution is 2.19. The lowest BCUT2D eigenvalue weighted by Crippen LogP contribution is -2.45. The number of urea groups is 1. The van der Waals surface area contributed by atoms with Gasteiger partial charge in [-0.3, -0.25) is 0 Å². The molecule has 0 radical (unpaired) electrons. The Kier molecular flexibility index (Phi) is 6.20. The third kappa shape index (κ3) is 6.52. The van der Waals surface area contributed by atoms with E-state index in [1.165, 1.54) is 0 Å². The summed E-state index contributed by atoms with van der Waals surface area (Å²) in [4.78, 5) is 21.4. The molecule has 94 valence electrons. The van der Waals surface area contributed by atoms with Gasteiger partial charge in [0, 0.05) is 11.3 Å². The Labute approximate surface area is 98.8 Å². The van der Waals surface area contributed by atoms with Crippen molar-refractivity contribution in [3.05, 3.63) is 0 Å². The Morgan fingerprint density at radius 3 is 2.38 bits per heavy atom. The molecule has 0 fully saturated rings. The maximum absolute atomic E-state index is 11.2. The number of carboxylic acid groups (broad SMARTS) is 1. The fourth-order valence-electron chi connectivity index (χ4n) is 0.704. The molecule has 1 atom stereocenters. The monoisotopic (exact) mass is 250 g/mol. The van der Waals surface area contributed by atoms with E-state index >= 15 is 0 Å². The van der Waals surface area contributed by atoms with Crippen LogP contribution < -0.4 is 10.6 Å². The highest BCUT2D eigenvalue weighted by Gasteiger charge is 2.18. The van der Waals surface area contributed by atoms with Crippen molar-refractivity contribution in [1.29, 1.82) is 0 Å². The maximum atomic E-state index is 11.2. The number of aliphatic hydroxyl groups excluding tert-OH is 1. The standard InChI is InChI=1S/C9H18N2O4S/c1-9(2,16-3)5-11-8(15)10-4-6(12)7(13)14/h6,12H,4-5H2,1-3H3,(H,13,14)(H2,10,11,15)/t6-/m0/s1. The minimum atomic E-state index is -1.57. The minimum Gasteiger partial charge on any atom is -0.479 e. The van der Waals surface area contributed by atoms with Crippen LogP contribution in [-0.4, -0.2) is 52.4 Å². The largest absolute Gasteiger partial charge is 0.479 e. The molecule has 0 unspecified atom stereocenters. The fourth-order valence-corrected chi connectivity index (χ4v) is 0.921. The highest BCUT2D eigenvalue weighted by molar-refractivity contribution is 7.99. The van der Waals surface area contributed by atoms with Gasteiger partial charge in [0.1, 0.15) is 0 Å². The molecule has 0 aromatic carbocycles. The van der Waals surface area contributed by atoms with Gasteiger partial charge < -0.3 is 20.8 Å². The van der Waals surface area contributed by atoms with Crippen LogP contribution in [0.15, 0.2) is 0 Å². The summed E-state index contributed by atoms with van der Waals surface area (Å²) in [6, 6.07) is -0.484. The third-order valence-corrected chi connectivity index (χ3v) is 3.22. The number of hydrogen-bond acceptors (Lipinski definition) is 4. The number of aliphatic hydroxyl groups is 1. The quantitative estimate of drug-likeness (QED) is 0.526. The second-order valence-electron chi connectivity index (χ2n) is 3.88. The summed E-state index contributed by atoms with van der Waals surface area (Å²) in [6.07, 6.45) is 0.368. The topological polar surface area (TPSA) is 98.7 Å². The number of rotatable bonds is 6. The van der Waals surface area contributed by atoms with Crippen molar-refractivity contribution in [1.82, 2.24) is 10.6 Å². The molecule has 0 spiro atoms. The van der Waals surface area contributed by atoms with Crippen molar-refractivity contribution >= 4 is 23.8 Å². The molecule has 4 N–H and O–H groups in total. The van der Waals surface area contributed by atoms with Crippen molar-refractivity contribution in [3.8, 4) is 0 Å². The molecular formula is C9H18N2O4S. The van der Waals surface area contributed by atoms with Gasteiger partial charge in [-0.15, -0.1) is 0 Å². The molecule has 0 heterocycles. The lowest BCUT2D eigenvalue weighted by molar-refractivity contribution is -0.146. The van der Waals surface area contributed by atoms with Crippen LogP contribution in [-0.2, 0) is 4.79 Å². The first-order valence-corrected chi connectivity index (χ1v) is 5.98. The summed E-state index contributed by atoms with van der Waals surface area (Å²) in [6.45, 7) is 4.11. The van der Waals surface area contributed by atoms with Crippen molar-refractivity contribution in [2.75, 3.05) is 19.3 Å². The molecule has 7 heteroatoms. The van der Waals surface area contributed by atoms with Crippen molar-refractivity contribution in [2.24, 2.45) is 0 Å². The van der Waals surface area contributed by atoms with Crippen LogP contribution in [0.25, 0.3) is 0 Å². The van der Waals surface area contributed by atoms with Crippen LogP contribution in [0, 0.1) is 0 Å². The Hall–Kier alpha value is -0.950. The highest BCUT2D eigenvalue weighted by atomic mass is 32.2. The number of amides is 2. The Balaban J connectivity index is 3.80. The van der Waals surface area contributed by atoms with Gasteiger partial charge in [0.25, 0.3) is 0 Å². The fraction of sp³-hybridized carbons (Fsp3) is 0.778. The number of aliphatic carboxylic acids is 1. The molecule has 6 nitrogen and oxygen atoms in total. The van der Waals surface area contributed by atoms with E-state index in [1.54, 1.807) is 11.8 Å². The zero-order valence-corrected chi connectivity index (χ0v) is 10.4. The molecule has 0 saturated carbocycles. The lowest BCUT2D eigenvalue weighted by atomic mass is 10.2. The summed E-state index contributed by atoms with van der Waals surface area (Å²) in [7, 11) is 0. The van der Waals surface area contributed by atoms with Gasteiger partial charge in [-0.05, 0) is 20.1 Å². The van der Waals surface area contributed by atoms with E-state index in [9.17, 15) is 9.59 Å². The minimum absolute atomic E-state index is 0.0806. The first-order valence-electron chi connectivity index (χ1n) is 4.76. The first-order chi connectivity index (χ1) is 7.28. The second-order valence-corrected chi connectivity index (χ2v) is 5.39. The van der Waals surface area contributed by atoms with Crippen LogP contribution in [0.4, 0.5) is 4.79 Å². The number of hydrogen-bond donors (Lipinski definition) is 4. The summed E-state index contributed by atoms with van der Waals surface area (Å²) in [5.41, 5.74) is 0. The molecule has 2 amide bonds. The van der Waals surface area contributed by atoms with Crippen LogP contribution in [0.2, 0.25) is 0 Å². The van der Waals surface area contributed by atoms with Crippen molar-refractivity contribution < 1.29 is 19.8 Å². The van der Waals surface area contributed by atoms with Crippen LogP contribution in [0.3, 0.4) is 0 Å². The molecule has 0 aromatic rings. The van der Waals surface area contributed by atoms with Crippen LogP contribution >= 0.6 is 11.8 Å². The van der Waals surface area contributed by atoms with Crippen LogP contribution in [0.1, 0.15) is 13.8 Å². The zero-order chi connectivity index (χ0) is 12.8. The Morgan fingerprint density at radius 2 is 1.94 bits per heavy atom. The first kappa shape index (κ1) is 15.0. The van der Waals surface area contributed by atoms with Gasteiger partial charge in [0.15, 0.2) is 6.10 Å². The SMILES string of the molecule is CSC(C)(C)CNC(=O)NC[C@H](O)C(=O)O. The van der Waals surface area contributed by atoms with Gasteiger partial charge in [-0.2, -0.15) is 11.8 Å². The molecular weight excluding hydrogens is 232 g/mol. The van der Waals surface area contributed by atoms with E-state index in [2.05, 4.69) is 10.6 Å². The van der Waals surface area contributed by atoms with E-state index in [-0.39, 0.29) is 11.3 Å². The molecule has 0 aromatic heterocycles. The normalized spacial score (nSPS) is 13.0. The molecule has 0 aliphatic rings. The third-order valence-electron chi connectivity index (χ3n) is 1.97. The van der Waals surface area contributed by atoms with Gasteiger partial charge in [0.2, 0.25) is 0 Å². The number of carboxylic acids is 1. The Morgan fingerprint density at radius 1 is 1.38 bits per heavy atom. The van der Waals surface area contributed by atoms with Crippen molar-refractivity contribution in [3.63, 3.8) is 0 Å². The second kappa shape index (κ2) is 6.59. The average molecular weight is 250 g/mol. The molecule has 0 rings (SSSR count). The summed E-state index contributed by atoms with van der Waals surface area (Å²) in [5, 5.41) is 22.1. The van der Waals surface area contributed by atoms with Crippen LogP contribution in [0.5, 0.6) is 0 Å². The van der Waals surface area contributed by atoms with Gasteiger partial charge >= 0.3 is 12.0 Å². The molecule has 0 aliphatic carbocycles. The summed E-state index contributed by atoms with van der Waals surface area (Å²) >= 11 is 1.61. The molecule has 0 bridgehead atoms. The maximum Gasteiger partial charge on any atom is 0.334 e. The Bertz CT molecular complexity index is 258. The van der Waals surface area contributed by atoms with Crippen molar-refractivity contribution in [2.45, 2.75) is 24.7 Å². The number of carbonyl (C=O) groups is 2. The molecule has 0 saturated heterocycles. The predicted molar refractivity (Wildman–Crippen MR) is 62.6 cm³/mol. The molecule has 16 heavy (non-hydrogen) atoms.